The van der Waals surface area contributed by atoms with E-state index in [1.54, 1.807) is 0 Å². The van der Waals surface area contributed by atoms with E-state index in [9.17, 15) is 5.11 Å². The van der Waals surface area contributed by atoms with Crippen molar-refractivity contribution in [1.82, 2.24) is 9.97 Å². The Morgan fingerprint density at radius 2 is 1.81 bits per heavy atom. The standard InChI is InChI=1S/C18H14N2O/c21-11-13-10-17(12-4-2-1-3-5-12)20-18-14(13)6-7-16-15(18)8-9-19-16/h1-10,20-21H,11H2. The predicted molar refractivity (Wildman–Crippen MR) is 85.0 cm³/mol. The highest BCUT2D eigenvalue weighted by Crippen LogP contribution is 2.29. The summed E-state index contributed by atoms with van der Waals surface area (Å²) in [6, 6.07) is 18.2. The topological polar surface area (TPSA) is 48.9 Å². The van der Waals surface area contributed by atoms with Gasteiger partial charge in [-0.3, -0.25) is 4.98 Å². The number of H-pyrrole nitrogens is 1. The van der Waals surface area contributed by atoms with Gasteiger partial charge in [-0.25, -0.2) is 0 Å². The molecule has 21 heavy (non-hydrogen) atoms. The zero-order valence-electron chi connectivity index (χ0n) is 11.4. The smallest absolute Gasteiger partial charge is 0.0723 e. The van der Waals surface area contributed by atoms with Crippen molar-refractivity contribution in [1.29, 1.82) is 0 Å². The molecule has 0 spiro atoms. The molecule has 2 N–H and O–H groups in total. The Kier molecular flexibility index (Phi) is 2.72. The number of aromatic nitrogens is 2. The molecule has 0 saturated heterocycles. The predicted octanol–water partition coefficient (Wildman–Crippen LogP) is 3.88. The summed E-state index contributed by atoms with van der Waals surface area (Å²) in [5.41, 5.74) is 5.01. The molecule has 0 fully saturated rings. The summed E-state index contributed by atoms with van der Waals surface area (Å²) in [6.45, 7) is 0.0185. The van der Waals surface area contributed by atoms with E-state index in [4.69, 9.17) is 0 Å². The molecule has 0 atom stereocenters. The van der Waals surface area contributed by atoms with Gasteiger partial charge < -0.3 is 10.1 Å². The fourth-order valence-corrected chi connectivity index (χ4v) is 2.81. The van der Waals surface area contributed by atoms with Gasteiger partial charge in [0.15, 0.2) is 0 Å². The van der Waals surface area contributed by atoms with Gasteiger partial charge in [-0.05, 0) is 29.3 Å². The van der Waals surface area contributed by atoms with E-state index in [0.29, 0.717) is 0 Å². The van der Waals surface area contributed by atoms with Gasteiger partial charge >= 0.3 is 0 Å². The Balaban J connectivity index is 2.10. The molecule has 0 aliphatic carbocycles. The molecule has 3 nitrogen and oxygen atoms in total. The molecule has 0 aliphatic heterocycles. The van der Waals surface area contributed by atoms with Gasteiger partial charge in [-0.2, -0.15) is 0 Å². The normalized spacial score (nSPS) is 11.3. The molecular weight excluding hydrogens is 260 g/mol. The Labute approximate surface area is 121 Å². The highest BCUT2D eigenvalue weighted by molar-refractivity contribution is 6.05. The van der Waals surface area contributed by atoms with Crippen molar-refractivity contribution < 1.29 is 5.11 Å². The Morgan fingerprint density at radius 3 is 2.62 bits per heavy atom. The van der Waals surface area contributed by atoms with E-state index in [1.165, 1.54) is 0 Å². The first-order valence-corrected chi connectivity index (χ1v) is 6.92. The summed E-state index contributed by atoms with van der Waals surface area (Å²) in [5.74, 6) is 0. The average molecular weight is 274 g/mol. The van der Waals surface area contributed by atoms with Gasteiger partial charge in [0.2, 0.25) is 0 Å². The zero-order valence-corrected chi connectivity index (χ0v) is 11.4. The number of aromatic amines is 1. The largest absolute Gasteiger partial charge is 0.392 e. The molecule has 0 bridgehead atoms. The fraction of sp³-hybridized carbons (Fsp3) is 0.0556. The van der Waals surface area contributed by atoms with Crippen molar-refractivity contribution in [3.05, 3.63) is 66.4 Å². The van der Waals surface area contributed by atoms with Crippen LogP contribution in [0, 0.1) is 0 Å². The molecule has 4 rings (SSSR count). The van der Waals surface area contributed by atoms with E-state index in [0.717, 1.165) is 38.6 Å². The second kappa shape index (κ2) is 4.72. The van der Waals surface area contributed by atoms with Gasteiger partial charge in [-0.1, -0.05) is 36.4 Å². The molecule has 0 aliphatic rings. The maximum atomic E-state index is 9.70. The minimum atomic E-state index is 0.0185. The summed E-state index contributed by atoms with van der Waals surface area (Å²) in [4.78, 5) is 7.84. The van der Waals surface area contributed by atoms with Gasteiger partial charge in [0.25, 0.3) is 0 Å². The van der Waals surface area contributed by atoms with Gasteiger partial charge in [0.05, 0.1) is 17.6 Å². The zero-order chi connectivity index (χ0) is 14.2. The number of nitrogens with one attached hydrogen (secondary N) is 1. The maximum Gasteiger partial charge on any atom is 0.0723 e. The summed E-state index contributed by atoms with van der Waals surface area (Å²) in [7, 11) is 0. The second-order valence-corrected chi connectivity index (χ2v) is 5.10. The first-order valence-electron chi connectivity index (χ1n) is 6.92. The number of rotatable bonds is 2. The van der Waals surface area contributed by atoms with Crippen LogP contribution in [0.2, 0.25) is 0 Å². The van der Waals surface area contributed by atoms with E-state index in [2.05, 4.69) is 22.1 Å². The molecule has 2 heterocycles. The van der Waals surface area contributed by atoms with Crippen LogP contribution in [0.1, 0.15) is 5.56 Å². The lowest BCUT2D eigenvalue weighted by molar-refractivity contribution is 0.283. The molecular formula is C18H14N2O. The van der Waals surface area contributed by atoms with Crippen LogP contribution < -0.4 is 0 Å². The lowest BCUT2D eigenvalue weighted by atomic mass is 10.0. The van der Waals surface area contributed by atoms with Gasteiger partial charge in [-0.15, -0.1) is 0 Å². The summed E-state index contributed by atoms with van der Waals surface area (Å²) in [5, 5.41) is 11.8. The summed E-state index contributed by atoms with van der Waals surface area (Å²) in [6.07, 6.45) is 1.81. The monoisotopic (exact) mass is 274 g/mol. The van der Waals surface area contributed by atoms with Crippen molar-refractivity contribution in [2.24, 2.45) is 0 Å². The maximum absolute atomic E-state index is 9.70. The minimum Gasteiger partial charge on any atom is -0.392 e. The van der Waals surface area contributed by atoms with Crippen LogP contribution in [0.4, 0.5) is 0 Å². The molecule has 4 aromatic rings. The third-order valence-corrected chi connectivity index (χ3v) is 3.86. The van der Waals surface area contributed by atoms with Crippen LogP contribution in [0.5, 0.6) is 0 Å². The van der Waals surface area contributed by atoms with Crippen LogP contribution >= 0.6 is 0 Å². The quantitative estimate of drug-likeness (QED) is 0.583. The van der Waals surface area contributed by atoms with E-state index < -0.39 is 0 Å². The van der Waals surface area contributed by atoms with E-state index in [1.807, 2.05) is 48.7 Å². The molecule has 3 heteroatoms. The Hall–Kier alpha value is -2.65. The molecule has 0 radical (unpaired) electrons. The number of pyridine rings is 1. The Bertz CT molecular complexity index is 926. The molecule has 2 aromatic carbocycles. The van der Waals surface area contributed by atoms with Gasteiger partial charge in [0, 0.05) is 22.7 Å². The number of hydrogen-bond acceptors (Lipinski definition) is 2. The number of hydrogen-bond donors (Lipinski definition) is 2. The van der Waals surface area contributed by atoms with Crippen molar-refractivity contribution in [3.8, 4) is 11.3 Å². The Morgan fingerprint density at radius 1 is 0.952 bits per heavy atom. The number of fused-ring (bicyclic) bond motifs is 3. The lowest BCUT2D eigenvalue weighted by Gasteiger charge is -2.10. The number of nitrogens with zero attached hydrogens (tertiary/aromatic N) is 1. The number of aliphatic hydroxyl groups excluding tert-OH is 1. The third kappa shape index (κ3) is 1.90. The van der Waals surface area contributed by atoms with Crippen molar-refractivity contribution in [2.75, 3.05) is 0 Å². The number of benzene rings is 2. The van der Waals surface area contributed by atoms with Gasteiger partial charge in [0.1, 0.15) is 0 Å². The average Bonchev–Trinajstić information content (AvgIpc) is 3.03. The third-order valence-electron chi connectivity index (χ3n) is 3.86. The molecule has 0 amide bonds. The van der Waals surface area contributed by atoms with Crippen molar-refractivity contribution in [3.63, 3.8) is 0 Å². The highest BCUT2D eigenvalue weighted by atomic mass is 16.3. The van der Waals surface area contributed by atoms with Crippen molar-refractivity contribution >= 4 is 21.8 Å². The second-order valence-electron chi connectivity index (χ2n) is 5.10. The molecule has 102 valence electrons. The van der Waals surface area contributed by atoms with Crippen LogP contribution in [0.25, 0.3) is 33.1 Å². The van der Waals surface area contributed by atoms with Crippen LogP contribution in [-0.2, 0) is 6.61 Å². The summed E-state index contributed by atoms with van der Waals surface area (Å²) >= 11 is 0. The van der Waals surface area contributed by atoms with E-state index >= 15 is 0 Å². The fourth-order valence-electron chi connectivity index (χ4n) is 2.81. The van der Waals surface area contributed by atoms with Crippen LogP contribution in [0.3, 0.4) is 0 Å². The molecule has 0 saturated carbocycles. The first kappa shape index (κ1) is 12.1. The van der Waals surface area contributed by atoms with Crippen LogP contribution in [-0.4, -0.2) is 15.1 Å². The highest BCUT2D eigenvalue weighted by Gasteiger charge is 2.09. The molecule has 2 aromatic heterocycles. The SMILES string of the molecule is OCc1cc(-c2ccccc2)[nH]c2c1ccc1nccc12. The first-order chi connectivity index (χ1) is 10.4. The number of aliphatic hydroxyl groups is 1. The van der Waals surface area contributed by atoms with Crippen LogP contribution in [0.15, 0.2) is 60.8 Å². The lowest BCUT2D eigenvalue weighted by Crippen LogP contribution is -1.93. The van der Waals surface area contributed by atoms with Crippen molar-refractivity contribution in [2.45, 2.75) is 6.61 Å². The molecule has 0 unspecified atom stereocenters. The van der Waals surface area contributed by atoms with E-state index in [-0.39, 0.29) is 6.61 Å². The minimum absolute atomic E-state index is 0.0185. The summed E-state index contributed by atoms with van der Waals surface area (Å²) < 4.78 is 0.